The maximum Gasteiger partial charge on any atom is 0.191 e. The molecule has 1 rings (SSSR count). The summed E-state index contributed by atoms with van der Waals surface area (Å²) in [5.74, 6) is 0.919. The first-order valence-electron chi connectivity index (χ1n) is 9.40. The number of nitrogens with one attached hydrogen (secondary N) is 2. The quantitative estimate of drug-likeness (QED) is 0.337. The van der Waals surface area contributed by atoms with Crippen LogP contribution in [-0.2, 0) is 0 Å². The number of hydrogen-bond donors (Lipinski definition) is 2. The molecule has 0 aromatic rings. The van der Waals surface area contributed by atoms with Crippen LogP contribution in [0.3, 0.4) is 0 Å². The molecule has 5 nitrogen and oxygen atoms in total. The van der Waals surface area contributed by atoms with E-state index in [0.29, 0.717) is 12.1 Å². The van der Waals surface area contributed by atoms with Crippen molar-refractivity contribution in [2.45, 2.75) is 72.0 Å². The highest BCUT2D eigenvalue weighted by Gasteiger charge is 2.17. The molecular formula is C18H40IN5. The zero-order chi connectivity index (χ0) is 17.2. The second kappa shape index (κ2) is 13.2. The SMILES string of the molecule is CN=C(NCCN1CCCCC1C)NCCN(C(C)C)C(C)C.I. The summed E-state index contributed by atoms with van der Waals surface area (Å²) in [6.45, 7) is 16.6. The van der Waals surface area contributed by atoms with Crippen LogP contribution in [0.15, 0.2) is 4.99 Å². The molecule has 0 aromatic carbocycles. The summed E-state index contributed by atoms with van der Waals surface area (Å²) in [6.07, 6.45) is 4.07. The van der Waals surface area contributed by atoms with Gasteiger partial charge >= 0.3 is 0 Å². The van der Waals surface area contributed by atoms with E-state index in [-0.39, 0.29) is 24.0 Å². The molecule has 0 saturated carbocycles. The molecule has 1 atom stereocenters. The minimum absolute atomic E-state index is 0. The lowest BCUT2D eigenvalue weighted by Crippen LogP contribution is -2.47. The molecule has 6 heteroatoms. The van der Waals surface area contributed by atoms with Gasteiger partial charge in [-0.2, -0.15) is 0 Å². The van der Waals surface area contributed by atoms with E-state index in [4.69, 9.17) is 0 Å². The maximum atomic E-state index is 4.33. The highest BCUT2D eigenvalue weighted by Crippen LogP contribution is 2.15. The van der Waals surface area contributed by atoms with Crippen LogP contribution in [0.2, 0.25) is 0 Å². The van der Waals surface area contributed by atoms with Gasteiger partial charge in [0.05, 0.1) is 0 Å². The Morgan fingerprint density at radius 3 is 2.29 bits per heavy atom. The molecule has 0 bridgehead atoms. The Morgan fingerprint density at radius 1 is 1.12 bits per heavy atom. The van der Waals surface area contributed by atoms with Gasteiger partial charge in [-0.3, -0.25) is 14.8 Å². The third-order valence-corrected chi connectivity index (χ3v) is 4.84. The molecular weight excluding hydrogens is 413 g/mol. The number of hydrogen-bond acceptors (Lipinski definition) is 3. The fraction of sp³-hybridized carbons (Fsp3) is 0.944. The Hall–Kier alpha value is -0.0800. The van der Waals surface area contributed by atoms with Gasteiger partial charge in [0.1, 0.15) is 0 Å². The van der Waals surface area contributed by atoms with E-state index in [1.165, 1.54) is 25.8 Å². The fourth-order valence-electron chi connectivity index (χ4n) is 3.44. The summed E-state index contributed by atoms with van der Waals surface area (Å²) in [7, 11) is 1.85. The standard InChI is InChI=1S/C18H39N5.HI/c1-15(2)23(16(3)4)14-11-21-18(19-6)20-10-13-22-12-8-7-9-17(22)5;/h15-17H,7-14H2,1-6H3,(H2,19,20,21);1H. The van der Waals surface area contributed by atoms with E-state index in [2.05, 4.69) is 60.0 Å². The minimum atomic E-state index is 0. The number of nitrogens with zero attached hydrogens (tertiary/aromatic N) is 3. The zero-order valence-corrected chi connectivity index (χ0v) is 19.0. The predicted octanol–water partition coefficient (Wildman–Crippen LogP) is 2.76. The Morgan fingerprint density at radius 2 is 1.75 bits per heavy atom. The number of guanidine groups is 1. The van der Waals surface area contributed by atoms with E-state index in [1.807, 2.05) is 7.05 Å². The van der Waals surface area contributed by atoms with Crippen molar-refractivity contribution in [3.63, 3.8) is 0 Å². The summed E-state index contributed by atoms with van der Waals surface area (Å²) in [6, 6.07) is 1.88. The number of likely N-dealkylation sites (tertiary alicyclic amines) is 1. The lowest BCUT2D eigenvalue weighted by Gasteiger charge is -2.33. The molecule has 0 amide bonds. The minimum Gasteiger partial charge on any atom is -0.355 e. The molecule has 1 aliphatic rings. The first-order chi connectivity index (χ1) is 11.0. The monoisotopic (exact) mass is 453 g/mol. The topological polar surface area (TPSA) is 42.9 Å². The van der Waals surface area contributed by atoms with Crippen LogP contribution < -0.4 is 10.6 Å². The highest BCUT2D eigenvalue weighted by atomic mass is 127. The normalized spacial score (nSPS) is 19.7. The largest absolute Gasteiger partial charge is 0.355 e. The van der Waals surface area contributed by atoms with Gasteiger partial charge in [0, 0.05) is 51.4 Å². The number of piperidine rings is 1. The van der Waals surface area contributed by atoms with Crippen LogP contribution in [-0.4, -0.2) is 73.7 Å². The van der Waals surface area contributed by atoms with Crippen molar-refractivity contribution in [1.82, 2.24) is 20.4 Å². The predicted molar refractivity (Wildman–Crippen MR) is 117 cm³/mol. The molecule has 1 heterocycles. The molecule has 0 aromatic heterocycles. The van der Waals surface area contributed by atoms with Crippen LogP contribution in [0.1, 0.15) is 53.9 Å². The van der Waals surface area contributed by atoms with E-state index in [0.717, 1.165) is 38.2 Å². The van der Waals surface area contributed by atoms with Crippen molar-refractivity contribution in [2.24, 2.45) is 4.99 Å². The Kier molecular flexibility index (Phi) is 13.1. The van der Waals surface area contributed by atoms with Gasteiger partial charge in [0.25, 0.3) is 0 Å². The smallest absolute Gasteiger partial charge is 0.191 e. The van der Waals surface area contributed by atoms with Crippen LogP contribution in [0.5, 0.6) is 0 Å². The number of aliphatic imine (C=N–C) groups is 1. The zero-order valence-electron chi connectivity index (χ0n) is 16.6. The van der Waals surface area contributed by atoms with Gasteiger partial charge in [0.15, 0.2) is 5.96 Å². The highest BCUT2D eigenvalue weighted by molar-refractivity contribution is 14.0. The Bertz CT molecular complexity index is 338. The summed E-state index contributed by atoms with van der Waals surface area (Å²) in [5, 5.41) is 6.89. The summed E-state index contributed by atoms with van der Waals surface area (Å²) >= 11 is 0. The van der Waals surface area contributed by atoms with Crippen LogP contribution >= 0.6 is 24.0 Å². The molecule has 1 unspecified atom stereocenters. The fourth-order valence-corrected chi connectivity index (χ4v) is 3.44. The number of rotatable bonds is 8. The van der Waals surface area contributed by atoms with E-state index in [1.54, 1.807) is 0 Å². The second-order valence-electron chi connectivity index (χ2n) is 7.23. The first kappa shape index (κ1) is 23.9. The molecule has 2 N–H and O–H groups in total. The molecule has 144 valence electrons. The van der Waals surface area contributed by atoms with Gasteiger partial charge < -0.3 is 10.6 Å². The van der Waals surface area contributed by atoms with Crippen molar-refractivity contribution in [2.75, 3.05) is 39.8 Å². The van der Waals surface area contributed by atoms with Gasteiger partial charge in [-0.15, -0.1) is 24.0 Å². The average molecular weight is 453 g/mol. The van der Waals surface area contributed by atoms with Crippen molar-refractivity contribution in [3.05, 3.63) is 0 Å². The molecule has 1 saturated heterocycles. The van der Waals surface area contributed by atoms with Crippen LogP contribution in [0.25, 0.3) is 0 Å². The first-order valence-corrected chi connectivity index (χ1v) is 9.40. The Labute approximate surface area is 167 Å². The van der Waals surface area contributed by atoms with Crippen molar-refractivity contribution in [1.29, 1.82) is 0 Å². The van der Waals surface area contributed by atoms with Gasteiger partial charge in [-0.1, -0.05) is 6.42 Å². The van der Waals surface area contributed by atoms with E-state index < -0.39 is 0 Å². The Balaban J connectivity index is 0.00000529. The summed E-state index contributed by atoms with van der Waals surface area (Å²) in [5.41, 5.74) is 0. The maximum absolute atomic E-state index is 4.33. The van der Waals surface area contributed by atoms with Crippen LogP contribution in [0, 0.1) is 0 Å². The van der Waals surface area contributed by atoms with Crippen molar-refractivity contribution >= 4 is 29.9 Å². The molecule has 0 spiro atoms. The summed E-state index contributed by atoms with van der Waals surface area (Å²) < 4.78 is 0. The van der Waals surface area contributed by atoms with Gasteiger partial charge in [-0.05, 0) is 54.0 Å². The van der Waals surface area contributed by atoms with E-state index in [9.17, 15) is 0 Å². The third-order valence-electron chi connectivity index (χ3n) is 4.84. The summed E-state index contributed by atoms with van der Waals surface area (Å²) in [4.78, 5) is 9.42. The van der Waals surface area contributed by atoms with E-state index >= 15 is 0 Å². The second-order valence-corrected chi connectivity index (χ2v) is 7.23. The molecule has 24 heavy (non-hydrogen) atoms. The van der Waals surface area contributed by atoms with Gasteiger partial charge in [0.2, 0.25) is 0 Å². The number of halogens is 1. The van der Waals surface area contributed by atoms with Crippen molar-refractivity contribution in [3.8, 4) is 0 Å². The average Bonchev–Trinajstić information content (AvgIpc) is 2.50. The molecule has 0 aliphatic carbocycles. The lowest BCUT2D eigenvalue weighted by atomic mass is 10.0. The lowest BCUT2D eigenvalue weighted by molar-refractivity contribution is 0.163. The van der Waals surface area contributed by atoms with Crippen molar-refractivity contribution < 1.29 is 0 Å². The molecule has 1 fully saturated rings. The van der Waals surface area contributed by atoms with Crippen LogP contribution in [0.4, 0.5) is 0 Å². The van der Waals surface area contributed by atoms with Gasteiger partial charge in [-0.25, -0.2) is 0 Å². The molecule has 1 aliphatic heterocycles. The third kappa shape index (κ3) is 8.85. The molecule has 0 radical (unpaired) electrons.